The second kappa shape index (κ2) is 5.30. The molecule has 0 saturated heterocycles. The van der Waals surface area contributed by atoms with Crippen molar-refractivity contribution in [1.29, 1.82) is 0 Å². The predicted molar refractivity (Wildman–Crippen MR) is 64.2 cm³/mol. The van der Waals surface area contributed by atoms with E-state index in [0.29, 0.717) is 11.8 Å². The highest BCUT2D eigenvalue weighted by Gasteiger charge is 2.14. The zero-order chi connectivity index (χ0) is 11.4. The van der Waals surface area contributed by atoms with Crippen molar-refractivity contribution in [3.05, 3.63) is 10.8 Å². The Morgan fingerprint density at radius 1 is 1.33 bits per heavy atom. The number of hydrogen-bond donors (Lipinski definition) is 1. The third-order valence-electron chi connectivity index (χ3n) is 2.23. The van der Waals surface area contributed by atoms with Crippen molar-refractivity contribution >= 4 is 21.7 Å². The molecule has 0 saturated carbocycles. The van der Waals surface area contributed by atoms with Crippen LogP contribution in [0.25, 0.3) is 0 Å². The molecule has 5 heteroatoms. The van der Waals surface area contributed by atoms with Gasteiger partial charge in [-0.05, 0) is 28.8 Å². The van der Waals surface area contributed by atoms with Gasteiger partial charge >= 0.3 is 0 Å². The average molecular weight is 274 g/mol. The molecular formula is C10H16BrN3O. The number of ether oxygens (including phenoxy) is 1. The summed E-state index contributed by atoms with van der Waals surface area (Å²) in [6, 6.07) is 0. The van der Waals surface area contributed by atoms with Crippen molar-refractivity contribution in [1.82, 2.24) is 9.97 Å². The lowest BCUT2D eigenvalue weighted by Gasteiger charge is -2.18. The lowest BCUT2D eigenvalue weighted by Crippen LogP contribution is -2.19. The minimum absolute atomic E-state index is 0.126. The van der Waals surface area contributed by atoms with Crippen LogP contribution >= 0.6 is 15.9 Å². The van der Waals surface area contributed by atoms with Gasteiger partial charge in [0.25, 0.3) is 0 Å². The van der Waals surface area contributed by atoms with Gasteiger partial charge in [0.05, 0.1) is 6.10 Å². The first-order valence-electron chi connectivity index (χ1n) is 4.91. The van der Waals surface area contributed by atoms with E-state index in [1.54, 1.807) is 0 Å². The van der Waals surface area contributed by atoms with Crippen molar-refractivity contribution in [2.45, 2.75) is 26.9 Å². The van der Waals surface area contributed by atoms with Crippen molar-refractivity contribution in [3.8, 4) is 5.88 Å². The van der Waals surface area contributed by atoms with Crippen LogP contribution < -0.4 is 10.1 Å². The Balaban J connectivity index is 2.86. The highest BCUT2D eigenvalue weighted by atomic mass is 79.9. The van der Waals surface area contributed by atoms with Crippen LogP contribution in [0.5, 0.6) is 5.88 Å². The van der Waals surface area contributed by atoms with Gasteiger partial charge in [0.1, 0.15) is 16.6 Å². The Hall–Kier alpha value is -0.840. The summed E-state index contributed by atoms with van der Waals surface area (Å²) in [5, 5.41) is 2.96. The highest BCUT2D eigenvalue weighted by molar-refractivity contribution is 9.10. The summed E-state index contributed by atoms with van der Waals surface area (Å²) in [5.41, 5.74) is 0. The minimum atomic E-state index is 0.126. The lowest BCUT2D eigenvalue weighted by molar-refractivity contribution is 0.162. The summed E-state index contributed by atoms with van der Waals surface area (Å²) in [4.78, 5) is 8.15. The molecule has 0 radical (unpaired) electrons. The van der Waals surface area contributed by atoms with Crippen LogP contribution in [0.15, 0.2) is 10.8 Å². The molecule has 1 heterocycles. The fourth-order valence-corrected chi connectivity index (χ4v) is 1.42. The molecule has 15 heavy (non-hydrogen) atoms. The van der Waals surface area contributed by atoms with E-state index >= 15 is 0 Å². The zero-order valence-corrected chi connectivity index (χ0v) is 11.0. The summed E-state index contributed by atoms with van der Waals surface area (Å²) in [7, 11) is 1.81. The standard InChI is InChI=1S/C10H16BrN3O/c1-6(2)7(3)15-10-8(11)9(12-4)13-5-14-10/h5-7H,1-4H3,(H,12,13,14). The van der Waals surface area contributed by atoms with E-state index in [1.807, 2.05) is 14.0 Å². The van der Waals surface area contributed by atoms with Crippen LogP contribution in [0.3, 0.4) is 0 Å². The molecule has 1 aromatic rings. The van der Waals surface area contributed by atoms with E-state index in [1.165, 1.54) is 6.33 Å². The van der Waals surface area contributed by atoms with Gasteiger partial charge in [-0.2, -0.15) is 0 Å². The van der Waals surface area contributed by atoms with Crippen molar-refractivity contribution in [2.24, 2.45) is 5.92 Å². The van der Waals surface area contributed by atoms with Crippen LogP contribution in [-0.2, 0) is 0 Å². The van der Waals surface area contributed by atoms with Crippen LogP contribution in [0.2, 0.25) is 0 Å². The van der Waals surface area contributed by atoms with Crippen LogP contribution in [0.4, 0.5) is 5.82 Å². The topological polar surface area (TPSA) is 47.0 Å². The first-order valence-corrected chi connectivity index (χ1v) is 5.70. The monoisotopic (exact) mass is 273 g/mol. The third kappa shape index (κ3) is 3.06. The fourth-order valence-electron chi connectivity index (χ4n) is 0.922. The van der Waals surface area contributed by atoms with Gasteiger partial charge < -0.3 is 10.1 Å². The normalized spacial score (nSPS) is 12.7. The maximum atomic E-state index is 5.71. The lowest BCUT2D eigenvalue weighted by atomic mass is 10.1. The maximum absolute atomic E-state index is 5.71. The molecule has 1 unspecified atom stereocenters. The molecule has 0 amide bonds. The molecule has 0 aliphatic rings. The van der Waals surface area contributed by atoms with Gasteiger partial charge in [-0.3, -0.25) is 0 Å². The smallest absolute Gasteiger partial charge is 0.233 e. The summed E-state index contributed by atoms with van der Waals surface area (Å²) in [5.74, 6) is 1.76. The molecule has 0 aliphatic heterocycles. The molecular weight excluding hydrogens is 258 g/mol. The Kier molecular flexibility index (Phi) is 4.32. The van der Waals surface area contributed by atoms with Gasteiger partial charge in [0, 0.05) is 7.05 Å². The molecule has 0 aliphatic carbocycles. The summed E-state index contributed by atoms with van der Waals surface area (Å²) >= 11 is 3.41. The average Bonchev–Trinajstić information content (AvgIpc) is 2.21. The second-order valence-corrected chi connectivity index (χ2v) is 4.45. The SMILES string of the molecule is CNc1ncnc(OC(C)C(C)C)c1Br. The number of nitrogens with zero attached hydrogens (tertiary/aromatic N) is 2. The maximum Gasteiger partial charge on any atom is 0.233 e. The van der Waals surface area contributed by atoms with Crippen molar-refractivity contribution in [3.63, 3.8) is 0 Å². The largest absolute Gasteiger partial charge is 0.473 e. The zero-order valence-electron chi connectivity index (χ0n) is 9.41. The summed E-state index contributed by atoms with van der Waals surface area (Å²) in [6.07, 6.45) is 1.61. The van der Waals surface area contributed by atoms with Gasteiger partial charge in [-0.1, -0.05) is 13.8 Å². The molecule has 0 aromatic carbocycles. The molecule has 1 atom stereocenters. The fraction of sp³-hybridized carbons (Fsp3) is 0.600. The Bertz CT molecular complexity index is 330. The Morgan fingerprint density at radius 2 is 2.00 bits per heavy atom. The van der Waals surface area contributed by atoms with E-state index in [4.69, 9.17) is 4.74 Å². The Morgan fingerprint density at radius 3 is 2.53 bits per heavy atom. The van der Waals surface area contributed by atoms with E-state index in [-0.39, 0.29) is 6.10 Å². The Labute approximate surface area is 98.6 Å². The number of hydrogen-bond acceptors (Lipinski definition) is 4. The van der Waals surface area contributed by atoms with Crippen LogP contribution in [0.1, 0.15) is 20.8 Å². The summed E-state index contributed by atoms with van der Waals surface area (Å²) < 4.78 is 6.47. The van der Waals surface area contributed by atoms with Crippen molar-refractivity contribution in [2.75, 3.05) is 12.4 Å². The number of rotatable bonds is 4. The van der Waals surface area contributed by atoms with Gasteiger partial charge in [-0.25, -0.2) is 9.97 Å². The van der Waals surface area contributed by atoms with E-state index in [2.05, 4.69) is 45.1 Å². The third-order valence-corrected chi connectivity index (χ3v) is 2.95. The number of anilines is 1. The van der Waals surface area contributed by atoms with E-state index in [9.17, 15) is 0 Å². The van der Waals surface area contributed by atoms with Crippen molar-refractivity contribution < 1.29 is 4.74 Å². The molecule has 0 bridgehead atoms. The van der Waals surface area contributed by atoms with Crippen LogP contribution in [0, 0.1) is 5.92 Å². The first kappa shape index (κ1) is 12.2. The van der Waals surface area contributed by atoms with Crippen LogP contribution in [-0.4, -0.2) is 23.1 Å². The van der Waals surface area contributed by atoms with E-state index < -0.39 is 0 Å². The number of halogens is 1. The first-order chi connectivity index (χ1) is 7.06. The summed E-state index contributed by atoms with van der Waals surface area (Å²) in [6.45, 7) is 6.25. The quantitative estimate of drug-likeness (QED) is 0.917. The highest BCUT2D eigenvalue weighted by Crippen LogP contribution is 2.29. The molecule has 0 spiro atoms. The van der Waals surface area contributed by atoms with Gasteiger partial charge in [0.2, 0.25) is 5.88 Å². The molecule has 1 N–H and O–H groups in total. The van der Waals surface area contributed by atoms with Gasteiger partial charge in [0.15, 0.2) is 0 Å². The van der Waals surface area contributed by atoms with Gasteiger partial charge in [-0.15, -0.1) is 0 Å². The number of nitrogens with one attached hydrogen (secondary N) is 1. The molecule has 0 fully saturated rings. The predicted octanol–water partition coefficient (Wildman–Crippen LogP) is 2.70. The minimum Gasteiger partial charge on any atom is -0.473 e. The molecule has 84 valence electrons. The van der Waals surface area contributed by atoms with E-state index in [0.717, 1.165) is 10.3 Å². The number of aromatic nitrogens is 2. The second-order valence-electron chi connectivity index (χ2n) is 3.66. The molecule has 4 nitrogen and oxygen atoms in total. The molecule has 1 rings (SSSR count). The molecule has 1 aromatic heterocycles.